The van der Waals surface area contributed by atoms with Crippen LogP contribution in [0.4, 0.5) is 17.5 Å². The van der Waals surface area contributed by atoms with Crippen LogP contribution in [0.5, 0.6) is 5.75 Å². The molecule has 0 bridgehead atoms. The summed E-state index contributed by atoms with van der Waals surface area (Å²) in [5.41, 5.74) is 1.10. The van der Waals surface area contributed by atoms with E-state index in [0.717, 1.165) is 18.4 Å². The summed E-state index contributed by atoms with van der Waals surface area (Å²) in [6.07, 6.45) is 3.76. The Hall–Kier alpha value is -3.24. The van der Waals surface area contributed by atoms with Crippen LogP contribution in [0.1, 0.15) is 25.3 Å². The number of aromatic nitrogens is 3. The standard InChI is InChI=1S/C24H30N6O3S/c1-3-4-17-33-20-5-7-21(8-6-20)34(31,32)30-15-13-29(14-16-30)24-10-9-22(27-28-24)26-23-18-19(2)11-12-25-23/h5-12,18H,3-4,13-17H2,1-2H3,(H,25,26,27). The Kier molecular flexibility index (Phi) is 7.59. The molecule has 34 heavy (non-hydrogen) atoms. The molecule has 0 spiro atoms. The maximum atomic E-state index is 13.1. The van der Waals surface area contributed by atoms with Gasteiger partial charge in [0, 0.05) is 32.4 Å². The SMILES string of the molecule is CCCCOc1ccc(S(=O)(=O)N2CCN(c3ccc(Nc4cc(C)ccn4)nn3)CC2)cc1. The quantitative estimate of drug-likeness (QED) is 0.462. The van der Waals surface area contributed by atoms with Gasteiger partial charge in [0.05, 0.1) is 11.5 Å². The van der Waals surface area contributed by atoms with E-state index in [1.807, 2.05) is 36.1 Å². The van der Waals surface area contributed by atoms with Crippen molar-refractivity contribution in [3.63, 3.8) is 0 Å². The zero-order valence-corrected chi connectivity index (χ0v) is 20.3. The molecule has 9 nitrogen and oxygen atoms in total. The Morgan fingerprint density at radius 1 is 0.971 bits per heavy atom. The number of sulfonamides is 1. The lowest BCUT2D eigenvalue weighted by molar-refractivity contribution is 0.309. The Bertz CT molecular complexity index is 1180. The van der Waals surface area contributed by atoms with Crippen molar-refractivity contribution in [2.24, 2.45) is 0 Å². The normalized spacial score (nSPS) is 14.7. The molecule has 2 aromatic heterocycles. The van der Waals surface area contributed by atoms with Crippen LogP contribution in [0, 0.1) is 6.92 Å². The van der Waals surface area contributed by atoms with Gasteiger partial charge in [0.15, 0.2) is 11.6 Å². The van der Waals surface area contributed by atoms with Gasteiger partial charge in [-0.05, 0) is 67.4 Å². The molecule has 0 saturated carbocycles. The number of hydrogen-bond donors (Lipinski definition) is 1. The molecule has 1 N–H and O–H groups in total. The van der Waals surface area contributed by atoms with Gasteiger partial charge >= 0.3 is 0 Å². The third kappa shape index (κ3) is 5.81. The molecule has 1 aliphatic heterocycles. The van der Waals surface area contributed by atoms with Crippen molar-refractivity contribution >= 4 is 27.5 Å². The second-order valence-electron chi connectivity index (χ2n) is 8.18. The summed E-state index contributed by atoms with van der Waals surface area (Å²) in [5.74, 6) is 2.71. The number of piperazine rings is 1. The fraction of sp³-hybridized carbons (Fsp3) is 0.375. The summed E-state index contributed by atoms with van der Waals surface area (Å²) in [5, 5.41) is 11.7. The first-order valence-electron chi connectivity index (χ1n) is 11.5. The van der Waals surface area contributed by atoms with Gasteiger partial charge in [0.2, 0.25) is 10.0 Å². The third-order valence-electron chi connectivity index (χ3n) is 5.61. The minimum absolute atomic E-state index is 0.281. The second-order valence-corrected chi connectivity index (χ2v) is 10.1. The average Bonchev–Trinajstić information content (AvgIpc) is 2.85. The van der Waals surface area contributed by atoms with E-state index in [4.69, 9.17) is 4.74 Å². The molecule has 1 aliphatic rings. The van der Waals surface area contributed by atoms with Crippen LogP contribution in [0.25, 0.3) is 0 Å². The minimum atomic E-state index is -3.56. The molecule has 4 rings (SSSR count). The molecule has 10 heteroatoms. The molecular formula is C24H30N6O3S. The minimum Gasteiger partial charge on any atom is -0.494 e. The maximum absolute atomic E-state index is 13.1. The van der Waals surface area contributed by atoms with E-state index in [1.165, 1.54) is 4.31 Å². The molecule has 1 fully saturated rings. The Morgan fingerprint density at radius 2 is 1.74 bits per heavy atom. The fourth-order valence-corrected chi connectivity index (χ4v) is 5.07. The van der Waals surface area contributed by atoms with E-state index in [-0.39, 0.29) is 4.90 Å². The molecule has 0 atom stereocenters. The predicted molar refractivity (Wildman–Crippen MR) is 132 cm³/mol. The molecular weight excluding hydrogens is 452 g/mol. The number of unbranched alkanes of at least 4 members (excludes halogenated alkanes) is 1. The van der Waals surface area contributed by atoms with E-state index >= 15 is 0 Å². The fourth-order valence-electron chi connectivity index (χ4n) is 3.65. The monoisotopic (exact) mass is 482 g/mol. The Labute approximate surface area is 200 Å². The first kappa shape index (κ1) is 23.9. The summed E-state index contributed by atoms with van der Waals surface area (Å²) in [6.45, 7) is 6.57. The van der Waals surface area contributed by atoms with Gasteiger partial charge in [-0.25, -0.2) is 13.4 Å². The predicted octanol–water partition coefficient (Wildman–Crippen LogP) is 3.61. The molecule has 0 amide bonds. The van der Waals surface area contributed by atoms with Crippen molar-refractivity contribution in [3.05, 3.63) is 60.3 Å². The second kappa shape index (κ2) is 10.8. The third-order valence-corrected chi connectivity index (χ3v) is 7.53. The number of hydrogen-bond acceptors (Lipinski definition) is 8. The zero-order chi connectivity index (χ0) is 24.0. The average molecular weight is 483 g/mol. The van der Waals surface area contributed by atoms with Crippen LogP contribution in [-0.2, 0) is 10.0 Å². The number of nitrogens with zero attached hydrogens (tertiary/aromatic N) is 5. The van der Waals surface area contributed by atoms with Crippen LogP contribution in [0.15, 0.2) is 59.6 Å². The van der Waals surface area contributed by atoms with Crippen LogP contribution in [-0.4, -0.2) is 60.7 Å². The van der Waals surface area contributed by atoms with Crippen LogP contribution < -0.4 is 15.0 Å². The van der Waals surface area contributed by atoms with Crippen molar-refractivity contribution in [2.75, 3.05) is 43.0 Å². The first-order valence-corrected chi connectivity index (χ1v) is 12.9. The Morgan fingerprint density at radius 3 is 2.38 bits per heavy atom. The zero-order valence-electron chi connectivity index (χ0n) is 19.5. The van der Waals surface area contributed by atoms with Crippen molar-refractivity contribution in [3.8, 4) is 5.75 Å². The van der Waals surface area contributed by atoms with E-state index in [2.05, 4.69) is 27.4 Å². The molecule has 0 aliphatic carbocycles. The van der Waals surface area contributed by atoms with Crippen LogP contribution in [0.2, 0.25) is 0 Å². The first-order chi connectivity index (χ1) is 16.5. The lowest BCUT2D eigenvalue weighted by Gasteiger charge is -2.34. The van der Waals surface area contributed by atoms with Gasteiger partial charge in [-0.1, -0.05) is 13.3 Å². The van der Waals surface area contributed by atoms with Crippen LogP contribution in [0.3, 0.4) is 0 Å². The summed E-state index contributed by atoms with van der Waals surface area (Å²) < 4.78 is 33.3. The Balaban J connectivity index is 1.33. The summed E-state index contributed by atoms with van der Waals surface area (Å²) in [6, 6.07) is 14.3. The van der Waals surface area contributed by atoms with Gasteiger partial charge in [-0.15, -0.1) is 10.2 Å². The number of nitrogens with one attached hydrogen (secondary N) is 1. The van der Waals surface area contributed by atoms with E-state index in [1.54, 1.807) is 30.5 Å². The summed E-state index contributed by atoms with van der Waals surface area (Å²) in [4.78, 5) is 6.59. The highest BCUT2D eigenvalue weighted by atomic mass is 32.2. The van der Waals surface area contributed by atoms with E-state index < -0.39 is 10.0 Å². The molecule has 180 valence electrons. The molecule has 3 aromatic rings. The molecule has 1 aromatic carbocycles. The smallest absolute Gasteiger partial charge is 0.243 e. The van der Waals surface area contributed by atoms with E-state index in [9.17, 15) is 8.42 Å². The summed E-state index contributed by atoms with van der Waals surface area (Å²) >= 11 is 0. The van der Waals surface area contributed by atoms with Crippen molar-refractivity contribution in [1.82, 2.24) is 19.5 Å². The van der Waals surface area contributed by atoms with Crippen molar-refractivity contribution in [1.29, 1.82) is 0 Å². The number of benzene rings is 1. The highest BCUT2D eigenvalue weighted by Crippen LogP contribution is 2.23. The van der Waals surface area contributed by atoms with Gasteiger partial charge in [0.1, 0.15) is 11.6 Å². The molecule has 1 saturated heterocycles. The van der Waals surface area contributed by atoms with Gasteiger partial charge in [0.25, 0.3) is 0 Å². The molecule has 3 heterocycles. The number of aryl methyl sites for hydroxylation is 1. The highest BCUT2D eigenvalue weighted by molar-refractivity contribution is 7.89. The van der Waals surface area contributed by atoms with Gasteiger partial charge in [-0.2, -0.15) is 4.31 Å². The molecule has 0 radical (unpaired) electrons. The summed E-state index contributed by atoms with van der Waals surface area (Å²) in [7, 11) is -3.56. The lowest BCUT2D eigenvalue weighted by atomic mass is 10.3. The van der Waals surface area contributed by atoms with Crippen LogP contribution >= 0.6 is 0 Å². The maximum Gasteiger partial charge on any atom is 0.243 e. The number of ether oxygens (including phenoxy) is 1. The van der Waals surface area contributed by atoms with E-state index in [0.29, 0.717) is 56.0 Å². The van der Waals surface area contributed by atoms with Crippen molar-refractivity contribution in [2.45, 2.75) is 31.6 Å². The lowest BCUT2D eigenvalue weighted by Crippen LogP contribution is -2.48. The van der Waals surface area contributed by atoms with Gasteiger partial charge < -0.3 is 15.0 Å². The number of pyridine rings is 1. The highest BCUT2D eigenvalue weighted by Gasteiger charge is 2.29. The topological polar surface area (TPSA) is 101 Å². The molecule has 0 unspecified atom stereocenters. The largest absolute Gasteiger partial charge is 0.494 e. The van der Waals surface area contributed by atoms with Crippen molar-refractivity contribution < 1.29 is 13.2 Å². The number of anilines is 3. The number of rotatable bonds is 9. The van der Waals surface area contributed by atoms with Gasteiger partial charge in [-0.3, -0.25) is 0 Å².